The first kappa shape index (κ1) is 20.8. The fourth-order valence-corrected chi connectivity index (χ4v) is 4.77. The number of anilines is 1. The third kappa shape index (κ3) is 3.79. The van der Waals surface area contributed by atoms with Gasteiger partial charge in [0.15, 0.2) is 17.7 Å². The van der Waals surface area contributed by atoms with Crippen LogP contribution in [0.3, 0.4) is 0 Å². The van der Waals surface area contributed by atoms with Gasteiger partial charge in [0.1, 0.15) is 23.3 Å². The number of para-hydroxylation sites is 1. The van der Waals surface area contributed by atoms with Gasteiger partial charge >= 0.3 is 0 Å². The largest absolute Gasteiger partial charge is 0.470 e. The zero-order chi connectivity index (χ0) is 23.1. The lowest BCUT2D eigenvalue weighted by Gasteiger charge is -2.31. The Morgan fingerprint density at radius 1 is 1.24 bits per heavy atom. The van der Waals surface area contributed by atoms with Crippen molar-refractivity contribution < 1.29 is 14.6 Å². The number of carbonyl (C=O) groups is 1. The monoisotopic (exact) mass is 459 g/mol. The van der Waals surface area contributed by atoms with Gasteiger partial charge in [-0.3, -0.25) is 4.79 Å². The number of aliphatic hydroxyl groups excluding tert-OH is 1. The highest BCUT2D eigenvalue weighted by Gasteiger charge is 2.31. The number of ether oxygens (including phenoxy) is 1. The summed E-state index contributed by atoms with van der Waals surface area (Å²) in [6.45, 7) is 1.32. The van der Waals surface area contributed by atoms with Crippen LogP contribution in [0.5, 0.6) is 5.75 Å². The summed E-state index contributed by atoms with van der Waals surface area (Å²) in [4.78, 5) is 35.6. The molecule has 10 nitrogen and oxygen atoms in total. The number of imidazole rings is 1. The highest BCUT2D eigenvalue weighted by molar-refractivity contribution is 5.97. The number of benzene rings is 1. The fourth-order valence-electron chi connectivity index (χ4n) is 4.77. The molecule has 1 amide bonds. The number of aliphatic hydroxyl groups is 1. The first-order valence-corrected chi connectivity index (χ1v) is 11.6. The Kier molecular flexibility index (Phi) is 5.21. The molecule has 1 atom stereocenters. The van der Waals surface area contributed by atoms with Gasteiger partial charge in [0.2, 0.25) is 0 Å². The molecule has 174 valence electrons. The lowest BCUT2D eigenvalue weighted by atomic mass is 9.82. The van der Waals surface area contributed by atoms with E-state index < -0.39 is 0 Å². The molecule has 4 aromatic rings. The number of H-pyrrole nitrogens is 1. The van der Waals surface area contributed by atoms with Gasteiger partial charge in [0.25, 0.3) is 5.91 Å². The van der Waals surface area contributed by atoms with Gasteiger partial charge in [-0.05, 0) is 37.3 Å². The smallest absolute Gasteiger partial charge is 0.270 e. The molecule has 1 aromatic carbocycles. The molecule has 6 rings (SSSR count). The van der Waals surface area contributed by atoms with Crippen molar-refractivity contribution in [2.45, 2.75) is 38.0 Å². The van der Waals surface area contributed by atoms with Crippen LogP contribution in [0.15, 0.2) is 43.0 Å². The van der Waals surface area contributed by atoms with E-state index in [1.54, 1.807) is 12.4 Å². The molecular formula is C24H25N7O3. The third-order valence-electron chi connectivity index (χ3n) is 6.61. The summed E-state index contributed by atoms with van der Waals surface area (Å²) in [6, 6.07) is 9.38. The molecule has 0 radical (unpaired) electrons. The molecule has 0 bridgehead atoms. The van der Waals surface area contributed by atoms with Crippen molar-refractivity contribution in [3.63, 3.8) is 0 Å². The molecule has 3 aromatic heterocycles. The number of nitrogens with one attached hydrogen (secondary N) is 2. The molecule has 2 aliphatic rings. The molecule has 10 heteroatoms. The first-order valence-electron chi connectivity index (χ1n) is 11.6. The number of carbonyl (C=O) groups excluding carboxylic acids is 1. The van der Waals surface area contributed by atoms with Crippen molar-refractivity contribution in [3.8, 4) is 5.75 Å². The van der Waals surface area contributed by atoms with E-state index in [4.69, 9.17) is 4.74 Å². The summed E-state index contributed by atoms with van der Waals surface area (Å²) >= 11 is 0. The van der Waals surface area contributed by atoms with Gasteiger partial charge in [-0.1, -0.05) is 12.1 Å². The number of pyridine rings is 1. The molecule has 1 aliphatic carbocycles. The van der Waals surface area contributed by atoms with Gasteiger partial charge in [0, 0.05) is 31.0 Å². The molecule has 34 heavy (non-hydrogen) atoms. The van der Waals surface area contributed by atoms with Crippen LogP contribution in [0, 0.1) is 5.92 Å². The van der Waals surface area contributed by atoms with Gasteiger partial charge < -0.3 is 25.0 Å². The van der Waals surface area contributed by atoms with E-state index in [1.807, 2.05) is 24.3 Å². The van der Waals surface area contributed by atoms with Crippen molar-refractivity contribution in [1.29, 1.82) is 0 Å². The van der Waals surface area contributed by atoms with Crippen LogP contribution in [0.2, 0.25) is 0 Å². The number of aromatic nitrogens is 5. The summed E-state index contributed by atoms with van der Waals surface area (Å²) in [7, 11) is 0. The maximum Gasteiger partial charge on any atom is 0.270 e. The Hall–Kier alpha value is -3.79. The molecule has 4 heterocycles. The molecule has 0 spiro atoms. The lowest BCUT2D eigenvalue weighted by Crippen LogP contribution is -2.38. The lowest BCUT2D eigenvalue weighted by molar-refractivity contribution is 0.0420. The summed E-state index contributed by atoms with van der Waals surface area (Å²) in [6.07, 6.45) is 5.86. The standard InChI is InChI=1S/C24H25N7O3/c32-15-8-14(9-15)11-25-24(33)18-10-19(16-4-1-2-5-17(16)30-18)34-20-6-3-7-31(20)23-21-22(27-12-26-21)28-13-29-23/h1-2,4-5,10,12-15,20,32H,3,6-9,11H2,(H,25,33)(H,26,27,28,29). The second kappa shape index (κ2) is 8.53. The van der Waals surface area contributed by atoms with Crippen LogP contribution < -0.4 is 15.0 Å². The number of aromatic amines is 1. The second-order valence-electron chi connectivity index (χ2n) is 8.93. The zero-order valence-electron chi connectivity index (χ0n) is 18.5. The second-order valence-corrected chi connectivity index (χ2v) is 8.93. The number of hydrogen-bond donors (Lipinski definition) is 3. The Labute approximate surface area is 195 Å². The molecule has 1 saturated heterocycles. The Balaban J connectivity index is 1.28. The van der Waals surface area contributed by atoms with Crippen molar-refractivity contribution in [2.75, 3.05) is 18.0 Å². The Morgan fingerprint density at radius 2 is 2.12 bits per heavy atom. The number of amides is 1. The number of nitrogens with zero attached hydrogens (tertiary/aromatic N) is 5. The molecule has 2 fully saturated rings. The molecule has 3 N–H and O–H groups in total. The average Bonchev–Trinajstić information content (AvgIpc) is 3.50. The van der Waals surface area contributed by atoms with Crippen molar-refractivity contribution in [2.24, 2.45) is 5.92 Å². The minimum atomic E-state index is -0.250. The van der Waals surface area contributed by atoms with Gasteiger partial charge in [-0.2, -0.15) is 0 Å². The minimum absolute atomic E-state index is 0.241. The predicted molar refractivity (Wildman–Crippen MR) is 125 cm³/mol. The molecular weight excluding hydrogens is 434 g/mol. The molecule has 1 aliphatic heterocycles. The topological polar surface area (TPSA) is 129 Å². The molecule has 1 unspecified atom stereocenters. The Bertz CT molecular complexity index is 1350. The van der Waals surface area contributed by atoms with Crippen LogP contribution in [0.1, 0.15) is 36.2 Å². The quantitative estimate of drug-likeness (QED) is 0.401. The van der Waals surface area contributed by atoms with Crippen molar-refractivity contribution in [1.82, 2.24) is 30.2 Å². The molecule has 1 saturated carbocycles. The van der Waals surface area contributed by atoms with E-state index in [1.165, 1.54) is 6.33 Å². The third-order valence-corrected chi connectivity index (χ3v) is 6.61. The van der Waals surface area contributed by atoms with E-state index >= 15 is 0 Å². The number of fused-ring (bicyclic) bond motifs is 2. The summed E-state index contributed by atoms with van der Waals surface area (Å²) < 4.78 is 6.52. The number of rotatable bonds is 6. The summed E-state index contributed by atoms with van der Waals surface area (Å²) in [5.74, 6) is 1.44. The van der Waals surface area contributed by atoms with E-state index in [-0.39, 0.29) is 18.2 Å². The van der Waals surface area contributed by atoms with E-state index in [9.17, 15) is 9.90 Å². The fraction of sp³-hybridized carbons (Fsp3) is 0.375. The zero-order valence-corrected chi connectivity index (χ0v) is 18.5. The SMILES string of the molecule is O=C(NCC1CC(O)C1)c1cc(OC2CCCN2c2ncnc3nc[nH]c23)c2ccccc2n1. The van der Waals surface area contributed by atoms with Crippen LogP contribution in [0.25, 0.3) is 22.1 Å². The highest BCUT2D eigenvalue weighted by Crippen LogP contribution is 2.33. The van der Waals surface area contributed by atoms with Gasteiger partial charge in [0.05, 0.1) is 17.9 Å². The normalized spacial score (nSPS) is 22.1. The van der Waals surface area contributed by atoms with E-state index in [0.717, 1.165) is 48.9 Å². The first-order chi connectivity index (χ1) is 16.7. The highest BCUT2D eigenvalue weighted by atomic mass is 16.5. The van der Waals surface area contributed by atoms with Crippen LogP contribution in [-0.2, 0) is 0 Å². The predicted octanol–water partition coefficient (Wildman–Crippen LogP) is 2.41. The maximum atomic E-state index is 12.9. The summed E-state index contributed by atoms with van der Waals surface area (Å²) in [5, 5.41) is 13.3. The van der Waals surface area contributed by atoms with Crippen LogP contribution in [0.4, 0.5) is 5.82 Å². The average molecular weight is 460 g/mol. The van der Waals surface area contributed by atoms with Gasteiger partial charge in [-0.15, -0.1) is 0 Å². The summed E-state index contributed by atoms with van der Waals surface area (Å²) in [5.41, 5.74) is 2.41. The van der Waals surface area contributed by atoms with Crippen LogP contribution >= 0.6 is 0 Å². The van der Waals surface area contributed by atoms with Gasteiger partial charge in [-0.25, -0.2) is 19.9 Å². The Morgan fingerprint density at radius 3 is 3.00 bits per heavy atom. The van der Waals surface area contributed by atoms with Crippen molar-refractivity contribution >= 4 is 33.8 Å². The maximum absolute atomic E-state index is 12.9. The van der Waals surface area contributed by atoms with Crippen molar-refractivity contribution in [3.05, 3.63) is 48.7 Å². The van der Waals surface area contributed by atoms with Crippen LogP contribution in [-0.4, -0.2) is 61.4 Å². The van der Waals surface area contributed by atoms with E-state index in [0.29, 0.717) is 35.1 Å². The number of hydrogen-bond acceptors (Lipinski definition) is 8. The minimum Gasteiger partial charge on any atom is -0.470 e. The van der Waals surface area contributed by atoms with E-state index in [2.05, 4.69) is 35.1 Å².